The molecule has 1 N–H and O–H groups in total. The van der Waals surface area contributed by atoms with Crippen molar-refractivity contribution in [1.29, 1.82) is 0 Å². The lowest BCUT2D eigenvalue weighted by atomic mass is 10.1. The summed E-state index contributed by atoms with van der Waals surface area (Å²) in [5, 5.41) is 4.49. The molecule has 3 rings (SSSR count). The number of anilines is 1. The predicted molar refractivity (Wildman–Crippen MR) is 86.6 cm³/mol. The third-order valence-electron chi connectivity index (χ3n) is 4.74. The molecule has 1 saturated carbocycles. The summed E-state index contributed by atoms with van der Waals surface area (Å²) in [6, 6.07) is 8.43. The normalized spacial score (nSPS) is 26.2. The summed E-state index contributed by atoms with van der Waals surface area (Å²) in [6.07, 6.45) is 6.48. The van der Waals surface area contributed by atoms with Gasteiger partial charge in [0.05, 0.1) is 0 Å². The lowest BCUT2D eigenvalue weighted by Crippen LogP contribution is -2.35. The maximum absolute atomic E-state index is 6.26. The van der Waals surface area contributed by atoms with Crippen molar-refractivity contribution in [3.8, 4) is 0 Å². The summed E-state index contributed by atoms with van der Waals surface area (Å²) in [7, 11) is 0. The highest BCUT2D eigenvalue weighted by molar-refractivity contribution is 6.30. The molecule has 110 valence electrons. The Labute approximate surface area is 127 Å². The zero-order chi connectivity index (χ0) is 14.1. The van der Waals surface area contributed by atoms with Crippen LogP contribution >= 0.6 is 11.6 Å². The number of hydrogen-bond acceptors (Lipinski definition) is 2. The molecule has 0 bridgehead atoms. The van der Waals surface area contributed by atoms with Gasteiger partial charge in [-0.3, -0.25) is 0 Å². The maximum atomic E-state index is 6.26. The lowest BCUT2D eigenvalue weighted by molar-refractivity contribution is 0.619. The SMILES string of the molecule is CCC1CCC(C)N1c1cc(Cl)ccc1CNC1CC1. The fraction of sp³-hybridized carbons (Fsp3) is 0.647. The largest absolute Gasteiger partial charge is 0.366 e. The first-order valence-electron chi connectivity index (χ1n) is 7.99. The highest BCUT2D eigenvalue weighted by Gasteiger charge is 2.31. The number of hydrogen-bond donors (Lipinski definition) is 1. The van der Waals surface area contributed by atoms with Crippen LogP contribution in [0.15, 0.2) is 18.2 Å². The van der Waals surface area contributed by atoms with Crippen molar-refractivity contribution in [2.45, 2.75) is 70.6 Å². The summed E-state index contributed by atoms with van der Waals surface area (Å²) >= 11 is 6.26. The summed E-state index contributed by atoms with van der Waals surface area (Å²) in [6.45, 7) is 5.61. The van der Waals surface area contributed by atoms with Crippen LogP contribution in [0.5, 0.6) is 0 Å². The molecule has 0 spiro atoms. The topological polar surface area (TPSA) is 15.3 Å². The molecule has 0 amide bonds. The van der Waals surface area contributed by atoms with Crippen molar-refractivity contribution in [3.05, 3.63) is 28.8 Å². The fourth-order valence-corrected chi connectivity index (χ4v) is 3.54. The van der Waals surface area contributed by atoms with Gasteiger partial charge in [-0.25, -0.2) is 0 Å². The molecule has 1 aromatic carbocycles. The van der Waals surface area contributed by atoms with Crippen molar-refractivity contribution in [2.75, 3.05) is 4.90 Å². The number of benzene rings is 1. The molecule has 2 nitrogen and oxygen atoms in total. The van der Waals surface area contributed by atoms with Crippen LogP contribution in [0.25, 0.3) is 0 Å². The van der Waals surface area contributed by atoms with Crippen molar-refractivity contribution in [3.63, 3.8) is 0 Å². The third-order valence-corrected chi connectivity index (χ3v) is 4.98. The molecule has 0 aromatic heterocycles. The van der Waals surface area contributed by atoms with Crippen LogP contribution in [0.3, 0.4) is 0 Å². The van der Waals surface area contributed by atoms with Gasteiger partial charge >= 0.3 is 0 Å². The molecule has 2 unspecified atom stereocenters. The van der Waals surface area contributed by atoms with Gasteiger partial charge in [-0.1, -0.05) is 24.6 Å². The van der Waals surface area contributed by atoms with Gasteiger partial charge in [-0.2, -0.15) is 0 Å². The average molecular weight is 293 g/mol. The molecule has 1 heterocycles. The Morgan fingerprint density at radius 1 is 1.25 bits per heavy atom. The molecular weight excluding hydrogens is 268 g/mol. The van der Waals surface area contributed by atoms with Crippen molar-refractivity contribution < 1.29 is 0 Å². The predicted octanol–water partition coefficient (Wildman–Crippen LogP) is 4.36. The first-order valence-corrected chi connectivity index (χ1v) is 8.37. The second-order valence-corrected chi connectivity index (χ2v) is 6.76. The minimum Gasteiger partial charge on any atom is -0.366 e. The number of nitrogens with one attached hydrogen (secondary N) is 1. The molecule has 20 heavy (non-hydrogen) atoms. The van der Waals surface area contributed by atoms with E-state index < -0.39 is 0 Å². The molecule has 2 atom stereocenters. The maximum Gasteiger partial charge on any atom is 0.0431 e. The van der Waals surface area contributed by atoms with Gasteiger partial charge in [0.15, 0.2) is 0 Å². The van der Waals surface area contributed by atoms with Crippen LogP contribution in [0.2, 0.25) is 5.02 Å². The Hall–Kier alpha value is -0.730. The summed E-state index contributed by atoms with van der Waals surface area (Å²) in [5.41, 5.74) is 2.75. The molecule has 1 aliphatic carbocycles. The average Bonchev–Trinajstić information content (AvgIpc) is 3.19. The molecule has 3 heteroatoms. The molecule has 2 aliphatic rings. The van der Waals surface area contributed by atoms with Gasteiger partial charge < -0.3 is 10.2 Å². The van der Waals surface area contributed by atoms with Crippen LogP contribution in [0, 0.1) is 0 Å². The number of nitrogens with zero attached hydrogens (tertiary/aromatic N) is 1. The molecule has 1 aliphatic heterocycles. The van der Waals surface area contributed by atoms with E-state index in [2.05, 4.69) is 36.2 Å². The van der Waals surface area contributed by atoms with E-state index in [-0.39, 0.29) is 0 Å². The van der Waals surface area contributed by atoms with E-state index in [1.165, 1.54) is 43.4 Å². The second-order valence-electron chi connectivity index (χ2n) is 6.32. The van der Waals surface area contributed by atoms with Gasteiger partial charge in [0.1, 0.15) is 0 Å². The van der Waals surface area contributed by atoms with E-state index in [1.54, 1.807) is 0 Å². The minimum atomic E-state index is 0.623. The summed E-state index contributed by atoms with van der Waals surface area (Å²) < 4.78 is 0. The van der Waals surface area contributed by atoms with Crippen LogP contribution in [0.4, 0.5) is 5.69 Å². The smallest absolute Gasteiger partial charge is 0.0431 e. The highest BCUT2D eigenvalue weighted by Crippen LogP contribution is 2.36. The van der Waals surface area contributed by atoms with Crippen molar-refractivity contribution >= 4 is 17.3 Å². The van der Waals surface area contributed by atoms with Crippen LogP contribution < -0.4 is 10.2 Å². The van der Waals surface area contributed by atoms with Gasteiger partial charge in [-0.15, -0.1) is 0 Å². The number of halogens is 1. The van der Waals surface area contributed by atoms with Crippen LogP contribution in [-0.4, -0.2) is 18.1 Å². The molecule has 1 saturated heterocycles. The molecule has 0 radical (unpaired) electrons. The summed E-state index contributed by atoms with van der Waals surface area (Å²) in [4.78, 5) is 2.61. The standard InChI is InChI=1S/C17H25ClN2/c1-3-16-9-4-12(2)20(16)17-10-14(18)6-5-13(17)11-19-15-7-8-15/h5-6,10,12,15-16,19H,3-4,7-9,11H2,1-2H3. The van der Waals surface area contributed by atoms with Gasteiger partial charge in [0, 0.05) is 35.4 Å². The highest BCUT2D eigenvalue weighted by atomic mass is 35.5. The summed E-state index contributed by atoms with van der Waals surface area (Å²) in [5.74, 6) is 0. The zero-order valence-electron chi connectivity index (χ0n) is 12.5. The van der Waals surface area contributed by atoms with Gasteiger partial charge in [-0.05, 0) is 56.7 Å². The zero-order valence-corrected chi connectivity index (χ0v) is 13.3. The first-order chi connectivity index (χ1) is 9.69. The lowest BCUT2D eigenvalue weighted by Gasteiger charge is -2.32. The first kappa shape index (κ1) is 14.2. The van der Waals surface area contributed by atoms with E-state index in [1.807, 2.05) is 6.07 Å². The van der Waals surface area contributed by atoms with Crippen LogP contribution in [0.1, 0.15) is 51.5 Å². The fourth-order valence-electron chi connectivity index (χ4n) is 3.38. The Kier molecular flexibility index (Phi) is 4.23. The Bertz CT molecular complexity index is 470. The van der Waals surface area contributed by atoms with E-state index in [9.17, 15) is 0 Å². The minimum absolute atomic E-state index is 0.623. The number of rotatable bonds is 5. The van der Waals surface area contributed by atoms with E-state index >= 15 is 0 Å². The van der Waals surface area contributed by atoms with Crippen molar-refractivity contribution in [1.82, 2.24) is 5.32 Å². The van der Waals surface area contributed by atoms with E-state index in [4.69, 9.17) is 11.6 Å². The third kappa shape index (κ3) is 2.96. The quantitative estimate of drug-likeness (QED) is 0.867. The van der Waals surface area contributed by atoms with E-state index in [0.717, 1.165) is 17.6 Å². The van der Waals surface area contributed by atoms with Gasteiger partial charge in [0.2, 0.25) is 0 Å². The Morgan fingerprint density at radius 2 is 2.05 bits per heavy atom. The Morgan fingerprint density at radius 3 is 2.75 bits per heavy atom. The van der Waals surface area contributed by atoms with E-state index in [0.29, 0.717) is 12.1 Å². The molecular formula is C17H25ClN2. The van der Waals surface area contributed by atoms with Crippen LogP contribution in [-0.2, 0) is 6.54 Å². The molecule has 1 aromatic rings. The Balaban J connectivity index is 1.86. The second kappa shape index (κ2) is 5.95. The monoisotopic (exact) mass is 292 g/mol. The van der Waals surface area contributed by atoms with Gasteiger partial charge in [0.25, 0.3) is 0 Å². The molecule has 2 fully saturated rings. The van der Waals surface area contributed by atoms with Crippen molar-refractivity contribution in [2.24, 2.45) is 0 Å².